The second-order valence-corrected chi connectivity index (χ2v) is 25.6. The molecule has 16 heteroatoms. The third-order valence-electron chi connectivity index (χ3n) is 17.3. The molecule has 4 atom stereocenters. The molecule has 2 aromatic rings. The number of benzene rings is 2. The average molecular weight is 1320 g/mol. The molecule has 0 aromatic heterocycles. The number of Topliss-reactive ketones (excluding diaryl/α,β-unsaturated/α-hetero) is 4. The van der Waals surface area contributed by atoms with Crippen LogP contribution in [0.25, 0.3) is 0 Å². The minimum Gasteiger partial charge on any atom is -0.454 e. The van der Waals surface area contributed by atoms with E-state index in [-0.39, 0.29) is 62.5 Å². The van der Waals surface area contributed by atoms with Gasteiger partial charge in [0.05, 0.1) is 11.1 Å². The van der Waals surface area contributed by atoms with E-state index in [4.69, 9.17) is 28.7 Å². The fourth-order valence-electron chi connectivity index (χ4n) is 11.6. The van der Waals surface area contributed by atoms with Gasteiger partial charge in [-0.3, -0.25) is 38.4 Å². The molecule has 0 aliphatic carbocycles. The summed E-state index contributed by atoms with van der Waals surface area (Å²) in [5.41, 5.74) is -2.62. The number of rotatable bonds is 58. The predicted octanol–water partition coefficient (Wildman–Crippen LogP) is 20.3. The zero-order chi connectivity index (χ0) is 69.1. The highest BCUT2D eigenvalue weighted by atomic mass is 17.2. The van der Waals surface area contributed by atoms with Gasteiger partial charge in [0.1, 0.15) is 0 Å². The van der Waals surface area contributed by atoms with Gasteiger partial charge in [0, 0.05) is 47.9 Å². The Morgan fingerprint density at radius 2 is 0.457 bits per heavy atom. The smallest absolute Gasteiger partial charge is 0.387 e. The largest absolute Gasteiger partial charge is 0.454 e. The molecule has 0 bridgehead atoms. The highest BCUT2D eigenvalue weighted by Crippen LogP contribution is 2.30. The monoisotopic (exact) mass is 1310 g/mol. The van der Waals surface area contributed by atoms with E-state index in [0.29, 0.717) is 64.2 Å². The molecule has 0 aliphatic rings. The molecule has 0 radical (unpaired) electrons. The molecule has 530 valence electrons. The van der Waals surface area contributed by atoms with E-state index in [2.05, 4.69) is 27.7 Å². The van der Waals surface area contributed by atoms with Crippen LogP contribution in [0.3, 0.4) is 0 Å². The second kappa shape index (κ2) is 53.1. The van der Waals surface area contributed by atoms with E-state index >= 15 is 19.2 Å². The van der Waals surface area contributed by atoms with Crippen LogP contribution < -0.4 is 0 Å². The van der Waals surface area contributed by atoms with Crippen LogP contribution >= 0.6 is 0 Å². The van der Waals surface area contributed by atoms with E-state index in [9.17, 15) is 28.8 Å². The van der Waals surface area contributed by atoms with Gasteiger partial charge in [-0.25, -0.2) is 19.4 Å². The lowest BCUT2D eigenvalue weighted by molar-refractivity contribution is -0.187. The molecular formula is C78H122O16. The molecule has 0 N–H and O–H groups in total. The van der Waals surface area contributed by atoms with E-state index in [1.807, 2.05) is 27.7 Å². The first-order valence-corrected chi connectivity index (χ1v) is 37.2. The van der Waals surface area contributed by atoms with Crippen molar-refractivity contribution in [2.45, 2.75) is 362 Å². The van der Waals surface area contributed by atoms with Crippen molar-refractivity contribution in [3.05, 3.63) is 69.8 Å². The molecule has 0 saturated carbocycles. The Morgan fingerprint density at radius 1 is 0.255 bits per heavy atom. The van der Waals surface area contributed by atoms with Gasteiger partial charge in [0.25, 0.3) is 0 Å². The Labute approximate surface area is 565 Å². The summed E-state index contributed by atoms with van der Waals surface area (Å²) in [7, 11) is 0. The maximum atomic E-state index is 15.4. The quantitative estimate of drug-likeness (QED) is 0.0150. The van der Waals surface area contributed by atoms with Crippen LogP contribution in [0, 0.1) is 0 Å². The Bertz CT molecular complexity index is 2360. The molecule has 2 rings (SSSR count). The Morgan fingerprint density at radius 3 is 0.691 bits per heavy atom. The van der Waals surface area contributed by atoms with Crippen LogP contribution in [0.1, 0.15) is 400 Å². The van der Waals surface area contributed by atoms with Crippen molar-refractivity contribution in [1.82, 2.24) is 0 Å². The number of ether oxygens (including phenoxy) is 4. The first-order valence-electron chi connectivity index (χ1n) is 37.2. The molecule has 0 aliphatic heterocycles. The fraction of sp³-hybridized carbons (Fsp3) is 0.718. The van der Waals surface area contributed by atoms with Gasteiger partial charge >= 0.3 is 35.8 Å². The van der Waals surface area contributed by atoms with E-state index in [1.165, 1.54) is 36.4 Å². The van der Waals surface area contributed by atoms with E-state index in [1.54, 1.807) is 0 Å². The first-order chi connectivity index (χ1) is 45.6. The van der Waals surface area contributed by atoms with Crippen LogP contribution in [-0.4, -0.2) is 83.4 Å². The molecule has 0 heterocycles. The molecule has 0 amide bonds. The maximum Gasteiger partial charge on any atom is 0.387 e. The highest BCUT2D eigenvalue weighted by Gasteiger charge is 2.38. The third kappa shape index (κ3) is 34.1. The second-order valence-electron chi connectivity index (χ2n) is 25.6. The number of carbonyl (C=O) groups excluding carboxylic acids is 10. The summed E-state index contributed by atoms with van der Waals surface area (Å²) in [6.07, 6.45) is 23.7. The van der Waals surface area contributed by atoms with Gasteiger partial charge < -0.3 is 18.9 Å². The number of hydrogen-bond acceptors (Lipinski definition) is 16. The predicted molar refractivity (Wildman–Crippen MR) is 369 cm³/mol. The third-order valence-corrected chi connectivity index (χ3v) is 17.3. The molecule has 2 aromatic carbocycles. The van der Waals surface area contributed by atoms with Crippen LogP contribution in [-0.2, 0) is 47.9 Å². The van der Waals surface area contributed by atoms with Crippen molar-refractivity contribution in [3.8, 4) is 0 Å². The van der Waals surface area contributed by atoms with Gasteiger partial charge in [-0.2, -0.15) is 0 Å². The van der Waals surface area contributed by atoms with Crippen LogP contribution in [0.4, 0.5) is 0 Å². The van der Waals surface area contributed by atoms with Gasteiger partial charge in [-0.1, -0.05) is 259 Å². The Hall–Kier alpha value is -6.06. The molecule has 4 unspecified atom stereocenters. The minimum absolute atomic E-state index is 0.0323. The summed E-state index contributed by atoms with van der Waals surface area (Å²) in [5.74, 6) is -8.54. The van der Waals surface area contributed by atoms with Crippen molar-refractivity contribution in [3.63, 3.8) is 0 Å². The lowest BCUT2D eigenvalue weighted by Crippen LogP contribution is -2.34. The SMILES string of the molecule is CCCCCCCC(=O)OC(CCCCCC)C(=O)c1cccc(C(=O)OOC(=O)c2cccc(C(=O)C(CCCCCC)OC(=O)CCCCCCC)c2C(=O)C(CCCCCC)OC(=O)CCCCCCC)c1C(=O)C(CCCCCC)OC(=O)CCCCCCC. The Balaban J connectivity index is 2.98. The fourth-order valence-corrected chi connectivity index (χ4v) is 11.6. The molecule has 0 saturated heterocycles. The van der Waals surface area contributed by atoms with Gasteiger partial charge in [0.2, 0.25) is 23.1 Å². The van der Waals surface area contributed by atoms with Crippen LogP contribution in [0.5, 0.6) is 0 Å². The van der Waals surface area contributed by atoms with Gasteiger partial charge in [0.15, 0.2) is 24.4 Å². The zero-order valence-corrected chi connectivity index (χ0v) is 59.4. The standard InChI is InChI=1S/C78H122O16/c1-9-17-25-33-41-55-67(79)89-63(51-37-29-21-13-5)73(83)59-47-45-49-61(71(59)75(85)65(53-39-31-23-15-7)91-69(81)57-43-35-27-19-11-3)77(87)93-94-78(88)62-50-46-48-60(74(84)64(52-38-30-22-14-6)90-68(80)56-42-34-26-18-10-2)72(62)76(86)66(54-40-32-24-16-8)92-70(82)58-44-36-28-20-12-4/h45-50,63-66H,9-44,51-58H2,1-8H3. The molecule has 16 nitrogen and oxygen atoms in total. The van der Waals surface area contributed by atoms with E-state index in [0.717, 1.165) is 167 Å². The number of hydrogen-bond donors (Lipinski definition) is 0. The van der Waals surface area contributed by atoms with Crippen LogP contribution in [0.15, 0.2) is 36.4 Å². The molecular weight excluding hydrogens is 1190 g/mol. The molecule has 94 heavy (non-hydrogen) atoms. The zero-order valence-electron chi connectivity index (χ0n) is 59.4. The Kier molecular flexibility index (Phi) is 47.5. The summed E-state index contributed by atoms with van der Waals surface area (Å²) in [6.45, 7) is 16.5. The summed E-state index contributed by atoms with van der Waals surface area (Å²) < 4.78 is 24.0. The lowest BCUT2D eigenvalue weighted by atomic mass is 9.88. The number of ketones is 4. The van der Waals surface area contributed by atoms with Gasteiger partial charge in [-0.05, 0) is 89.2 Å². The van der Waals surface area contributed by atoms with Gasteiger partial charge in [-0.15, -0.1) is 0 Å². The summed E-state index contributed by atoms with van der Waals surface area (Å²) in [4.78, 5) is 156. The average Bonchev–Trinajstić information content (AvgIpc) is 0.799. The summed E-state index contributed by atoms with van der Waals surface area (Å²) in [6, 6.07) is 7.82. The number of unbranched alkanes of at least 4 members (excludes halogenated alkanes) is 28. The van der Waals surface area contributed by atoms with Crippen molar-refractivity contribution in [2.24, 2.45) is 0 Å². The maximum absolute atomic E-state index is 15.4. The molecule has 0 spiro atoms. The van der Waals surface area contributed by atoms with Crippen LogP contribution in [0.2, 0.25) is 0 Å². The summed E-state index contributed by atoms with van der Waals surface area (Å²) in [5, 5.41) is 0. The minimum atomic E-state index is -1.46. The van der Waals surface area contributed by atoms with Crippen molar-refractivity contribution >= 4 is 58.9 Å². The first kappa shape index (κ1) is 84.0. The molecule has 0 fully saturated rings. The number of esters is 4. The summed E-state index contributed by atoms with van der Waals surface area (Å²) >= 11 is 0. The van der Waals surface area contributed by atoms with Crippen molar-refractivity contribution in [2.75, 3.05) is 0 Å². The normalized spacial score (nSPS) is 12.5. The van der Waals surface area contributed by atoms with Crippen molar-refractivity contribution in [1.29, 1.82) is 0 Å². The topological polar surface area (TPSA) is 226 Å². The van der Waals surface area contributed by atoms with Crippen molar-refractivity contribution < 1.29 is 76.7 Å². The van der Waals surface area contributed by atoms with E-state index < -0.39 is 106 Å². The lowest BCUT2D eigenvalue weighted by Gasteiger charge is -2.23. The highest BCUT2D eigenvalue weighted by molar-refractivity contribution is 6.18. The number of carbonyl (C=O) groups is 10.